The molecule has 0 aliphatic rings. The predicted molar refractivity (Wildman–Crippen MR) is 59.5 cm³/mol. The Morgan fingerprint density at radius 1 is 1.27 bits per heavy atom. The molecular formula is C12H17NO2. The Morgan fingerprint density at radius 2 is 1.87 bits per heavy atom. The minimum absolute atomic E-state index is 0.0105. The molecule has 0 fully saturated rings. The average Bonchev–Trinajstić information content (AvgIpc) is 2.29. The Morgan fingerprint density at radius 3 is 2.40 bits per heavy atom. The lowest BCUT2D eigenvalue weighted by atomic mass is 10.1. The van der Waals surface area contributed by atoms with Gasteiger partial charge in [0.2, 0.25) is 5.91 Å². The topological polar surface area (TPSA) is 38.3 Å². The smallest absolute Gasteiger partial charge is 0.249 e. The molecule has 0 aromatic heterocycles. The fourth-order valence-corrected chi connectivity index (χ4v) is 1.26. The van der Waals surface area contributed by atoms with Crippen molar-refractivity contribution < 1.29 is 9.53 Å². The van der Waals surface area contributed by atoms with E-state index in [-0.39, 0.29) is 11.9 Å². The van der Waals surface area contributed by atoms with Crippen LogP contribution in [0.15, 0.2) is 30.3 Å². The number of rotatable bonds is 4. The summed E-state index contributed by atoms with van der Waals surface area (Å²) in [4.78, 5) is 11.5. The van der Waals surface area contributed by atoms with Crippen molar-refractivity contribution in [3.8, 4) is 0 Å². The highest BCUT2D eigenvalue weighted by molar-refractivity contribution is 5.80. The van der Waals surface area contributed by atoms with Crippen molar-refractivity contribution in [2.24, 2.45) is 0 Å². The monoisotopic (exact) mass is 207 g/mol. The van der Waals surface area contributed by atoms with Gasteiger partial charge in [-0.2, -0.15) is 0 Å². The summed E-state index contributed by atoms with van der Waals surface area (Å²) in [6.45, 7) is 3.68. The third-order valence-electron chi connectivity index (χ3n) is 2.38. The van der Waals surface area contributed by atoms with Gasteiger partial charge in [0.25, 0.3) is 0 Å². The molecule has 0 heterocycles. The van der Waals surface area contributed by atoms with Crippen LogP contribution in [0, 0.1) is 0 Å². The zero-order chi connectivity index (χ0) is 11.3. The molecule has 0 aliphatic carbocycles. The van der Waals surface area contributed by atoms with Gasteiger partial charge < -0.3 is 10.1 Å². The largest absolute Gasteiger partial charge is 0.372 e. The van der Waals surface area contributed by atoms with E-state index in [1.807, 2.05) is 37.3 Å². The van der Waals surface area contributed by atoms with E-state index in [9.17, 15) is 4.79 Å². The molecule has 3 nitrogen and oxygen atoms in total. The lowest BCUT2D eigenvalue weighted by molar-refractivity contribution is -0.130. The molecule has 15 heavy (non-hydrogen) atoms. The van der Waals surface area contributed by atoms with Gasteiger partial charge in [-0.05, 0) is 19.4 Å². The molecule has 0 saturated heterocycles. The van der Waals surface area contributed by atoms with Gasteiger partial charge >= 0.3 is 0 Å². The molecule has 3 heteroatoms. The van der Waals surface area contributed by atoms with Gasteiger partial charge in [-0.1, -0.05) is 30.3 Å². The molecule has 1 rings (SSSR count). The number of amides is 1. The number of methoxy groups -OCH3 is 1. The van der Waals surface area contributed by atoms with Gasteiger partial charge in [0.05, 0.1) is 6.04 Å². The SMILES string of the molecule is CO[C@@H](C)C(=O)N[C@H](C)c1ccccc1. The zero-order valence-corrected chi connectivity index (χ0v) is 9.36. The summed E-state index contributed by atoms with van der Waals surface area (Å²) in [5.41, 5.74) is 1.09. The fraction of sp³-hybridized carbons (Fsp3) is 0.417. The number of hydrogen-bond acceptors (Lipinski definition) is 2. The van der Waals surface area contributed by atoms with E-state index in [1.54, 1.807) is 6.92 Å². The first-order valence-corrected chi connectivity index (χ1v) is 5.03. The molecule has 82 valence electrons. The minimum Gasteiger partial charge on any atom is -0.372 e. The Labute approximate surface area is 90.4 Å². The molecule has 1 N–H and O–H groups in total. The second-order valence-corrected chi connectivity index (χ2v) is 3.52. The van der Waals surface area contributed by atoms with Crippen LogP contribution in [0.25, 0.3) is 0 Å². The van der Waals surface area contributed by atoms with E-state index in [2.05, 4.69) is 5.32 Å². The first-order valence-electron chi connectivity index (χ1n) is 5.03. The summed E-state index contributed by atoms with van der Waals surface area (Å²) < 4.78 is 4.94. The number of nitrogens with one attached hydrogen (secondary N) is 1. The van der Waals surface area contributed by atoms with Gasteiger partial charge in [0.15, 0.2) is 0 Å². The van der Waals surface area contributed by atoms with Crippen molar-refractivity contribution in [3.05, 3.63) is 35.9 Å². The molecule has 0 radical (unpaired) electrons. The van der Waals surface area contributed by atoms with Crippen LogP contribution < -0.4 is 5.32 Å². The van der Waals surface area contributed by atoms with Crippen LogP contribution in [-0.2, 0) is 9.53 Å². The van der Waals surface area contributed by atoms with Crippen LogP contribution in [-0.4, -0.2) is 19.1 Å². The van der Waals surface area contributed by atoms with E-state index in [1.165, 1.54) is 7.11 Å². The van der Waals surface area contributed by atoms with E-state index in [4.69, 9.17) is 4.74 Å². The maximum absolute atomic E-state index is 11.5. The van der Waals surface area contributed by atoms with Crippen molar-refractivity contribution in [2.45, 2.75) is 26.0 Å². The lowest BCUT2D eigenvalue weighted by Crippen LogP contribution is -2.35. The summed E-state index contributed by atoms with van der Waals surface area (Å²) in [6.07, 6.45) is -0.406. The zero-order valence-electron chi connectivity index (χ0n) is 9.36. The molecule has 0 saturated carbocycles. The molecule has 0 unspecified atom stereocenters. The maximum Gasteiger partial charge on any atom is 0.249 e. The molecule has 1 amide bonds. The first-order chi connectivity index (χ1) is 7.15. The van der Waals surface area contributed by atoms with Gasteiger partial charge in [-0.15, -0.1) is 0 Å². The normalized spacial score (nSPS) is 14.3. The minimum atomic E-state index is -0.406. The van der Waals surface area contributed by atoms with E-state index in [0.717, 1.165) is 5.56 Å². The molecular weight excluding hydrogens is 190 g/mol. The summed E-state index contributed by atoms with van der Waals surface area (Å²) in [7, 11) is 1.53. The van der Waals surface area contributed by atoms with Gasteiger partial charge in [0.1, 0.15) is 6.10 Å². The standard InChI is InChI=1S/C12H17NO2/c1-9(11-7-5-4-6-8-11)13-12(14)10(2)15-3/h4-10H,1-3H3,(H,13,14)/t9-,10+/m1/s1. The number of carbonyl (C=O) groups is 1. The molecule has 0 aliphatic heterocycles. The second kappa shape index (κ2) is 5.51. The average molecular weight is 207 g/mol. The fourth-order valence-electron chi connectivity index (χ4n) is 1.26. The van der Waals surface area contributed by atoms with E-state index in [0.29, 0.717) is 0 Å². The highest BCUT2D eigenvalue weighted by atomic mass is 16.5. The lowest BCUT2D eigenvalue weighted by Gasteiger charge is -2.16. The molecule has 2 atom stereocenters. The molecule has 1 aromatic rings. The first kappa shape index (κ1) is 11.7. The van der Waals surface area contributed by atoms with Crippen molar-refractivity contribution >= 4 is 5.91 Å². The number of carbonyl (C=O) groups excluding carboxylic acids is 1. The summed E-state index contributed by atoms with van der Waals surface area (Å²) in [5.74, 6) is -0.0890. The van der Waals surface area contributed by atoms with Crippen LogP contribution in [0.4, 0.5) is 0 Å². The van der Waals surface area contributed by atoms with Crippen LogP contribution in [0.3, 0.4) is 0 Å². The predicted octanol–water partition coefficient (Wildman–Crippen LogP) is 1.90. The van der Waals surface area contributed by atoms with Crippen molar-refractivity contribution in [1.82, 2.24) is 5.32 Å². The van der Waals surface area contributed by atoms with Crippen molar-refractivity contribution in [3.63, 3.8) is 0 Å². The highest BCUT2D eigenvalue weighted by Crippen LogP contribution is 2.11. The maximum atomic E-state index is 11.5. The third kappa shape index (κ3) is 3.36. The quantitative estimate of drug-likeness (QED) is 0.819. The van der Waals surface area contributed by atoms with Gasteiger partial charge in [-0.3, -0.25) is 4.79 Å². The molecule has 0 bridgehead atoms. The molecule has 0 spiro atoms. The highest BCUT2D eigenvalue weighted by Gasteiger charge is 2.14. The van der Waals surface area contributed by atoms with Gasteiger partial charge in [0, 0.05) is 7.11 Å². The number of hydrogen-bond donors (Lipinski definition) is 1. The third-order valence-corrected chi connectivity index (χ3v) is 2.38. The molecule has 1 aromatic carbocycles. The van der Waals surface area contributed by atoms with Crippen LogP contribution in [0.5, 0.6) is 0 Å². The summed E-state index contributed by atoms with van der Waals surface area (Å²) in [6, 6.07) is 9.85. The number of benzene rings is 1. The Kier molecular flexibility index (Phi) is 4.31. The Bertz CT molecular complexity index is 311. The van der Waals surface area contributed by atoms with Crippen LogP contribution >= 0.6 is 0 Å². The number of ether oxygens (including phenoxy) is 1. The Balaban J connectivity index is 2.56. The van der Waals surface area contributed by atoms with E-state index >= 15 is 0 Å². The van der Waals surface area contributed by atoms with Crippen LogP contribution in [0.2, 0.25) is 0 Å². The second-order valence-electron chi connectivity index (χ2n) is 3.52. The van der Waals surface area contributed by atoms with Crippen LogP contribution in [0.1, 0.15) is 25.5 Å². The van der Waals surface area contributed by atoms with Crippen molar-refractivity contribution in [2.75, 3.05) is 7.11 Å². The summed E-state index contributed by atoms with van der Waals surface area (Å²) in [5, 5.41) is 2.88. The summed E-state index contributed by atoms with van der Waals surface area (Å²) >= 11 is 0. The van der Waals surface area contributed by atoms with Gasteiger partial charge in [-0.25, -0.2) is 0 Å². The van der Waals surface area contributed by atoms with Crippen molar-refractivity contribution in [1.29, 1.82) is 0 Å². The van der Waals surface area contributed by atoms with E-state index < -0.39 is 6.10 Å². The Hall–Kier alpha value is -1.35.